The number of ether oxygens (including phenoxy) is 2. The topological polar surface area (TPSA) is 67.2 Å². The van der Waals surface area contributed by atoms with E-state index < -0.39 is 6.36 Å². The molecule has 1 saturated heterocycles. The van der Waals surface area contributed by atoms with E-state index in [1.54, 1.807) is 18.3 Å². The average molecular weight is 453 g/mol. The van der Waals surface area contributed by atoms with Crippen LogP contribution in [0.2, 0.25) is 0 Å². The van der Waals surface area contributed by atoms with E-state index in [2.05, 4.69) is 21.1 Å². The first-order valence-corrected chi connectivity index (χ1v) is 10.6. The van der Waals surface area contributed by atoms with Gasteiger partial charge in [-0.3, -0.25) is 4.98 Å². The molecule has 1 aromatic heterocycles. The highest BCUT2D eigenvalue weighted by atomic mass is 19.4. The zero-order valence-electron chi connectivity index (χ0n) is 17.7. The van der Waals surface area contributed by atoms with Gasteiger partial charge < -0.3 is 14.8 Å². The number of alkyl halides is 3. The Labute approximate surface area is 189 Å². The van der Waals surface area contributed by atoms with E-state index >= 15 is 0 Å². The molecule has 5 nitrogen and oxygen atoms in total. The van der Waals surface area contributed by atoms with E-state index in [1.165, 1.54) is 24.3 Å². The molecule has 33 heavy (non-hydrogen) atoms. The minimum Gasteiger partial charge on any atom is -0.492 e. The molecule has 0 aliphatic carbocycles. The molecule has 4 rings (SSSR count). The monoisotopic (exact) mass is 453 g/mol. The Balaban J connectivity index is 1.64. The zero-order valence-corrected chi connectivity index (χ0v) is 17.7. The van der Waals surface area contributed by atoms with Gasteiger partial charge in [0.25, 0.3) is 0 Å². The predicted molar refractivity (Wildman–Crippen MR) is 118 cm³/mol. The second kappa shape index (κ2) is 9.92. The molecule has 8 heteroatoms. The highest BCUT2D eigenvalue weighted by Crippen LogP contribution is 2.35. The van der Waals surface area contributed by atoms with Gasteiger partial charge in [-0.2, -0.15) is 5.26 Å². The van der Waals surface area contributed by atoms with Crippen molar-refractivity contribution in [2.45, 2.75) is 19.2 Å². The van der Waals surface area contributed by atoms with Crippen molar-refractivity contribution < 1.29 is 22.6 Å². The Kier molecular flexibility index (Phi) is 6.80. The number of benzene rings is 2. The van der Waals surface area contributed by atoms with Crippen molar-refractivity contribution in [3.8, 4) is 40.0 Å². The lowest BCUT2D eigenvalue weighted by Gasteiger charge is -2.22. The summed E-state index contributed by atoms with van der Waals surface area (Å²) in [6.07, 6.45) is -1.01. The number of nitrogens with zero attached hydrogens (tertiary/aromatic N) is 2. The molecule has 0 radical (unpaired) electrons. The third-order valence-electron chi connectivity index (χ3n) is 5.49. The third-order valence-corrected chi connectivity index (χ3v) is 5.49. The molecule has 1 aliphatic heterocycles. The molecule has 1 aliphatic rings. The molecule has 2 heterocycles. The van der Waals surface area contributed by atoms with Crippen LogP contribution < -0.4 is 14.8 Å². The Hall–Kier alpha value is -3.57. The minimum atomic E-state index is -4.75. The number of hydrogen-bond acceptors (Lipinski definition) is 5. The van der Waals surface area contributed by atoms with Gasteiger partial charge in [0.15, 0.2) is 0 Å². The third kappa shape index (κ3) is 6.02. The average Bonchev–Trinajstić information content (AvgIpc) is 2.83. The molecule has 0 spiro atoms. The van der Waals surface area contributed by atoms with E-state index in [-0.39, 0.29) is 5.75 Å². The second-order valence-corrected chi connectivity index (χ2v) is 7.83. The summed E-state index contributed by atoms with van der Waals surface area (Å²) in [6, 6.07) is 16.6. The molecular formula is C25H22F3N3O2. The van der Waals surface area contributed by atoms with Gasteiger partial charge in [-0.05, 0) is 79.9 Å². The minimum absolute atomic E-state index is 0.298. The lowest BCUT2D eigenvalue weighted by molar-refractivity contribution is -0.274. The highest BCUT2D eigenvalue weighted by Gasteiger charge is 2.31. The molecule has 1 N–H and O–H groups in total. The van der Waals surface area contributed by atoms with Gasteiger partial charge in [0.2, 0.25) is 0 Å². The summed E-state index contributed by atoms with van der Waals surface area (Å²) in [6.45, 7) is 2.56. The van der Waals surface area contributed by atoms with E-state index in [4.69, 9.17) is 10.00 Å². The molecule has 170 valence electrons. The van der Waals surface area contributed by atoms with Crippen LogP contribution in [0, 0.1) is 17.2 Å². The Morgan fingerprint density at radius 2 is 1.64 bits per heavy atom. The first-order valence-electron chi connectivity index (χ1n) is 10.6. The highest BCUT2D eigenvalue weighted by molar-refractivity contribution is 5.81. The molecule has 0 amide bonds. The van der Waals surface area contributed by atoms with Crippen LogP contribution >= 0.6 is 0 Å². The number of nitrogens with one attached hydrogen (secondary N) is 1. The van der Waals surface area contributed by atoms with Gasteiger partial charge in [-0.1, -0.05) is 12.1 Å². The van der Waals surface area contributed by atoms with Crippen LogP contribution in [0.4, 0.5) is 13.2 Å². The summed E-state index contributed by atoms with van der Waals surface area (Å²) in [4.78, 5) is 4.57. The molecular weight excluding hydrogens is 431 g/mol. The number of halogens is 3. The number of nitriles is 1. The quantitative estimate of drug-likeness (QED) is 0.529. The number of rotatable bonds is 6. The zero-order chi connectivity index (χ0) is 23.3. The van der Waals surface area contributed by atoms with Crippen molar-refractivity contribution >= 4 is 0 Å². The second-order valence-electron chi connectivity index (χ2n) is 7.83. The Morgan fingerprint density at radius 3 is 2.27 bits per heavy atom. The van der Waals surface area contributed by atoms with Gasteiger partial charge in [0.05, 0.1) is 30.1 Å². The summed E-state index contributed by atoms with van der Waals surface area (Å²) < 4.78 is 47.5. The maximum atomic E-state index is 12.5. The van der Waals surface area contributed by atoms with Crippen molar-refractivity contribution in [2.24, 2.45) is 5.92 Å². The number of pyridine rings is 1. The largest absolute Gasteiger partial charge is 0.573 e. The van der Waals surface area contributed by atoms with Gasteiger partial charge >= 0.3 is 6.36 Å². The fraction of sp³-hybridized carbons (Fsp3) is 0.280. The molecule has 2 aromatic carbocycles. The summed E-state index contributed by atoms with van der Waals surface area (Å²) in [5, 5.41) is 12.4. The number of aromatic nitrogens is 1. The normalized spacial score (nSPS) is 14.5. The maximum Gasteiger partial charge on any atom is 0.573 e. The number of hydrogen-bond donors (Lipinski definition) is 1. The number of piperidine rings is 1. The van der Waals surface area contributed by atoms with E-state index in [1.807, 2.05) is 18.2 Å². The Morgan fingerprint density at radius 1 is 0.970 bits per heavy atom. The van der Waals surface area contributed by atoms with Gasteiger partial charge in [0, 0.05) is 11.1 Å². The van der Waals surface area contributed by atoms with Crippen LogP contribution in [0.5, 0.6) is 11.5 Å². The van der Waals surface area contributed by atoms with E-state index in [9.17, 15) is 13.2 Å². The summed E-state index contributed by atoms with van der Waals surface area (Å²) in [5.41, 5.74) is 3.33. The molecule has 0 saturated carbocycles. The van der Waals surface area contributed by atoms with Crippen molar-refractivity contribution in [1.29, 1.82) is 5.26 Å². The van der Waals surface area contributed by atoms with Crippen LogP contribution in [0.1, 0.15) is 18.4 Å². The SMILES string of the molecule is N#Cc1ccc(-c2cc(OCC3CCNCC3)cnc2-c2ccc(OC(F)(F)F)cc2)cc1. The lowest BCUT2D eigenvalue weighted by Crippen LogP contribution is -2.30. The smallest absolute Gasteiger partial charge is 0.492 e. The first kappa shape index (κ1) is 22.6. The van der Waals surface area contributed by atoms with Crippen LogP contribution in [0.3, 0.4) is 0 Å². The van der Waals surface area contributed by atoms with E-state index in [0.717, 1.165) is 37.1 Å². The fourth-order valence-corrected chi connectivity index (χ4v) is 3.78. The summed E-state index contributed by atoms with van der Waals surface area (Å²) >= 11 is 0. The molecule has 1 fully saturated rings. The Bertz CT molecular complexity index is 1120. The van der Waals surface area contributed by atoms with Crippen LogP contribution in [0.25, 0.3) is 22.4 Å². The molecule has 3 aromatic rings. The van der Waals surface area contributed by atoms with Gasteiger partial charge in [0.1, 0.15) is 11.5 Å². The predicted octanol–water partition coefficient (Wildman–Crippen LogP) is 5.56. The standard InChI is InChI=1S/C25H22F3N3O2/c26-25(27,28)33-21-7-5-20(6-8-21)24-23(19-3-1-17(14-29)2-4-19)13-22(15-31-24)32-16-18-9-11-30-12-10-18/h1-8,13,15,18,30H,9-12,16H2. The first-order chi connectivity index (χ1) is 15.9. The van der Waals surface area contributed by atoms with Crippen molar-refractivity contribution in [2.75, 3.05) is 19.7 Å². The fourth-order valence-electron chi connectivity index (χ4n) is 3.78. The summed E-state index contributed by atoms with van der Waals surface area (Å²) in [5.74, 6) is 0.798. The summed E-state index contributed by atoms with van der Waals surface area (Å²) in [7, 11) is 0. The molecule has 0 bridgehead atoms. The van der Waals surface area contributed by atoms with Gasteiger partial charge in [-0.25, -0.2) is 0 Å². The molecule has 0 unspecified atom stereocenters. The van der Waals surface area contributed by atoms with Crippen molar-refractivity contribution in [3.63, 3.8) is 0 Å². The van der Waals surface area contributed by atoms with Crippen molar-refractivity contribution in [1.82, 2.24) is 10.3 Å². The van der Waals surface area contributed by atoms with Gasteiger partial charge in [-0.15, -0.1) is 13.2 Å². The van der Waals surface area contributed by atoms with Crippen LogP contribution in [-0.4, -0.2) is 31.0 Å². The molecule has 0 atom stereocenters. The van der Waals surface area contributed by atoms with Crippen LogP contribution in [0.15, 0.2) is 60.8 Å². The maximum absolute atomic E-state index is 12.5. The lowest BCUT2D eigenvalue weighted by atomic mass is 9.98. The van der Waals surface area contributed by atoms with Crippen LogP contribution in [-0.2, 0) is 0 Å². The van der Waals surface area contributed by atoms with E-state index in [0.29, 0.717) is 35.1 Å². The van der Waals surface area contributed by atoms with Crippen molar-refractivity contribution in [3.05, 3.63) is 66.4 Å².